The molecule has 2 atom stereocenters. The van der Waals surface area contributed by atoms with Crippen molar-refractivity contribution in [1.29, 1.82) is 0 Å². The van der Waals surface area contributed by atoms with E-state index in [2.05, 4.69) is 21.3 Å². The molecule has 18 heavy (non-hydrogen) atoms. The van der Waals surface area contributed by atoms with Crippen LogP contribution in [-0.4, -0.2) is 42.2 Å². The maximum Gasteiger partial charge on any atom is 0.212 e. The first kappa shape index (κ1) is 13.6. The molecule has 3 heterocycles. The predicted molar refractivity (Wildman–Crippen MR) is 73.3 cm³/mol. The van der Waals surface area contributed by atoms with Gasteiger partial charge in [0.2, 0.25) is 5.88 Å². The molecule has 1 aromatic heterocycles. The monoisotopic (exact) mass is 269 g/mol. The quantitative estimate of drug-likeness (QED) is 0.901. The van der Waals surface area contributed by atoms with Crippen LogP contribution in [0.3, 0.4) is 0 Å². The Morgan fingerprint density at radius 3 is 2.61 bits per heavy atom. The number of aromatic nitrogens is 1. The fourth-order valence-electron chi connectivity index (χ4n) is 2.90. The Morgan fingerprint density at radius 1 is 1.33 bits per heavy atom. The third-order valence-electron chi connectivity index (χ3n) is 3.71. The molecule has 2 bridgehead atoms. The average molecular weight is 270 g/mol. The minimum atomic E-state index is 0. The molecule has 0 aliphatic carbocycles. The zero-order chi connectivity index (χ0) is 11.7. The van der Waals surface area contributed by atoms with Crippen molar-refractivity contribution in [2.45, 2.75) is 31.5 Å². The molecule has 2 aliphatic heterocycles. The molecule has 0 saturated carbocycles. The molecule has 0 radical (unpaired) electrons. The van der Waals surface area contributed by atoms with E-state index in [0.29, 0.717) is 18.0 Å². The molecule has 3 rings (SSSR count). The maximum atomic E-state index is 5.07. The van der Waals surface area contributed by atoms with Crippen LogP contribution in [0, 0.1) is 0 Å². The lowest BCUT2D eigenvalue weighted by Gasteiger charge is -2.32. The van der Waals surface area contributed by atoms with Gasteiger partial charge >= 0.3 is 0 Å². The van der Waals surface area contributed by atoms with Crippen LogP contribution in [0.2, 0.25) is 0 Å². The Morgan fingerprint density at radius 2 is 2.06 bits per heavy atom. The fourth-order valence-corrected chi connectivity index (χ4v) is 2.90. The number of likely N-dealkylation sites (tertiary alicyclic amines) is 1. The number of nitrogens with zero attached hydrogens (tertiary/aromatic N) is 2. The molecule has 1 aromatic rings. The lowest BCUT2D eigenvalue weighted by atomic mass is 10.2. The number of piperazine rings is 1. The van der Waals surface area contributed by atoms with Crippen LogP contribution in [0.4, 0.5) is 0 Å². The highest BCUT2D eigenvalue weighted by atomic mass is 35.5. The van der Waals surface area contributed by atoms with E-state index >= 15 is 0 Å². The summed E-state index contributed by atoms with van der Waals surface area (Å²) >= 11 is 0. The van der Waals surface area contributed by atoms with Crippen LogP contribution in [-0.2, 0) is 6.54 Å². The van der Waals surface area contributed by atoms with Crippen LogP contribution in [0.5, 0.6) is 5.88 Å². The summed E-state index contributed by atoms with van der Waals surface area (Å²) in [6.07, 6.45) is 4.59. The maximum absolute atomic E-state index is 5.07. The number of fused-ring (bicyclic) bond motifs is 2. The van der Waals surface area contributed by atoms with Gasteiger partial charge in [-0.15, -0.1) is 12.4 Å². The first-order valence-corrected chi connectivity index (χ1v) is 6.31. The standard InChI is InChI=1S/C13H19N3O.ClH/c1-17-13-5-2-10(6-14-13)7-16-8-11-3-4-12(9-16)15-11;/h2,5-6,11-12,15H,3-4,7-9H2,1H3;1H. The number of hydrogen-bond donors (Lipinski definition) is 1. The minimum Gasteiger partial charge on any atom is -0.481 e. The molecule has 2 aliphatic rings. The van der Waals surface area contributed by atoms with E-state index in [9.17, 15) is 0 Å². The van der Waals surface area contributed by atoms with Gasteiger partial charge in [0.05, 0.1) is 7.11 Å². The van der Waals surface area contributed by atoms with Crippen molar-refractivity contribution >= 4 is 12.4 Å². The summed E-state index contributed by atoms with van der Waals surface area (Å²) in [5, 5.41) is 3.65. The molecular formula is C13H20ClN3O. The summed E-state index contributed by atoms with van der Waals surface area (Å²) in [6.45, 7) is 3.34. The third kappa shape index (κ3) is 2.94. The molecule has 0 spiro atoms. The molecule has 5 heteroatoms. The highest BCUT2D eigenvalue weighted by Crippen LogP contribution is 2.21. The van der Waals surface area contributed by atoms with E-state index in [1.54, 1.807) is 7.11 Å². The molecule has 2 saturated heterocycles. The summed E-state index contributed by atoms with van der Waals surface area (Å²) in [5.41, 5.74) is 1.27. The first-order valence-electron chi connectivity index (χ1n) is 6.31. The van der Waals surface area contributed by atoms with Crippen LogP contribution >= 0.6 is 12.4 Å². The van der Waals surface area contributed by atoms with Gasteiger partial charge in [-0.3, -0.25) is 4.90 Å². The molecule has 0 amide bonds. The SMILES string of the molecule is COc1ccc(CN2CC3CCC(C2)N3)cn1.Cl. The van der Waals surface area contributed by atoms with Crippen molar-refractivity contribution in [1.82, 2.24) is 15.2 Å². The van der Waals surface area contributed by atoms with Gasteiger partial charge in [0.25, 0.3) is 0 Å². The summed E-state index contributed by atoms with van der Waals surface area (Å²) in [5.74, 6) is 0.689. The number of nitrogens with one attached hydrogen (secondary N) is 1. The number of ether oxygens (including phenoxy) is 1. The van der Waals surface area contributed by atoms with Crippen LogP contribution in [0.1, 0.15) is 18.4 Å². The Balaban J connectivity index is 0.00000120. The second-order valence-electron chi connectivity index (χ2n) is 5.04. The van der Waals surface area contributed by atoms with Gasteiger partial charge < -0.3 is 10.1 Å². The van der Waals surface area contributed by atoms with Crippen molar-refractivity contribution in [3.05, 3.63) is 23.9 Å². The second-order valence-corrected chi connectivity index (χ2v) is 5.04. The van der Waals surface area contributed by atoms with E-state index in [4.69, 9.17) is 4.74 Å². The number of methoxy groups -OCH3 is 1. The molecular weight excluding hydrogens is 250 g/mol. The van der Waals surface area contributed by atoms with E-state index in [-0.39, 0.29) is 12.4 Å². The van der Waals surface area contributed by atoms with Gasteiger partial charge in [0, 0.05) is 44.0 Å². The number of rotatable bonds is 3. The van der Waals surface area contributed by atoms with Gasteiger partial charge in [-0.25, -0.2) is 4.98 Å². The van der Waals surface area contributed by atoms with Crippen LogP contribution in [0.15, 0.2) is 18.3 Å². The van der Waals surface area contributed by atoms with E-state index in [1.807, 2.05) is 12.3 Å². The van der Waals surface area contributed by atoms with Gasteiger partial charge in [-0.1, -0.05) is 6.07 Å². The first-order chi connectivity index (χ1) is 8.33. The lowest BCUT2D eigenvalue weighted by molar-refractivity contribution is 0.188. The zero-order valence-electron chi connectivity index (χ0n) is 10.6. The molecule has 2 unspecified atom stereocenters. The Kier molecular flexibility index (Phi) is 4.43. The molecule has 1 N–H and O–H groups in total. The summed E-state index contributed by atoms with van der Waals surface area (Å²) < 4.78 is 5.07. The van der Waals surface area contributed by atoms with E-state index in [1.165, 1.54) is 31.5 Å². The predicted octanol–water partition coefficient (Wildman–Crippen LogP) is 1.45. The molecule has 2 fully saturated rings. The minimum absolute atomic E-state index is 0. The largest absolute Gasteiger partial charge is 0.481 e. The molecule has 100 valence electrons. The second kappa shape index (κ2) is 5.87. The van der Waals surface area contributed by atoms with Gasteiger partial charge in [-0.05, 0) is 18.4 Å². The van der Waals surface area contributed by atoms with Gasteiger partial charge in [-0.2, -0.15) is 0 Å². The summed E-state index contributed by atoms with van der Waals surface area (Å²) in [6, 6.07) is 5.46. The van der Waals surface area contributed by atoms with Gasteiger partial charge in [0.15, 0.2) is 0 Å². The topological polar surface area (TPSA) is 37.4 Å². The Bertz CT molecular complexity index is 372. The van der Waals surface area contributed by atoms with E-state index < -0.39 is 0 Å². The smallest absolute Gasteiger partial charge is 0.212 e. The van der Waals surface area contributed by atoms with Crippen molar-refractivity contribution in [3.8, 4) is 5.88 Å². The highest BCUT2D eigenvalue weighted by Gasteiger charge is 2.31. The van der Waals surface area contributed by atoms with Crippen molar-refractivity contribution in [2.75, 3.05) is 20.2 Å². The number of halogens is 1. The lowest BCUT2D eigenvalue weighted by Crippen LogP contribution is -2.50. The molecule has 0 aromatic carbocycles. The number of hydrogen-bond acceptors (Lipinski definition) is 4. The summed E-state index contributed by atoms with van der Waals surface area (Å²) in [7, 11) is 1.65. The average Bonchev–Trinajstić information content (AvgIpc) is 2.70. The summed E-state index contributed by atoms with van der Waals surface area (Å²) in [4.78, 5) is 6.78. The highest BCUT2D eigenvalue weighted by molar-refractivity contribution is 5.85. The Labute approximate surface area is 114 Å². The van der Waals surface area contributed by atoms with E-state index in [0.717, 1.165) is 6.54 Å². The fraction of sp³-hybridized carbons (Fsp3) is 0.615. The third-order valence-corrected chi connectivity index (χ3v) is 3.71. The van der Waals surface area contributed by atoms with Crippen LogP contribution in [0.25, 0.3) is 0 Å². The normalized spacial score (nSPS) is 26.7. The Hall–Kier alpha value is -0.840. The van der Waals surface area contributed by atoms with Gasteiger partial charge in [0.1, 0.15) is 0 Å². The van der Waals surface area contributed by atoms with Crippen molar-refractivity contribution in [2.24, 2.45) is 0 Å². The van der Waals surface area contributed by atoms with Crippen molar-refractivity contribution in [3.63, 3.8) is 0 Å². The number of pyridine rings is 1. The molecule has 4 nitrogen and oxygen atoms in total. The van der Waals surface area contributed by atoms with Crippen LogP contribution < -0.4 is 10.1 Å². The van der Waals surface area contributed by atoms with Crippen molar-refractivity contribution < 1.29 is 4.74 Å². The zero-order valence-corrected chi connectivity index (χ0v) is 11.4.